The number of nitrogens with zero attached hydrogens (tertiary/aromatic N) is 1. The fourth-order valence-corrected chi connectivity index (χ4v) is 2.57. The summed E-state index contributed by atoms with van der Waals surface area (Å²) >= 11 is 0. The molecular formula is C17H25N3O4. The van der Waals surface area contributed by atoms with Gasteiger partial charge in [0.05, 0.1) is 12.5 Å². The highest BCUT2D eigenvalue weighted by Crippen LogP contribution is 2.16. The lowest BCUT2D eigenvalue weighted by molar-refractivity contribution is -0.141. The highest BCUT2D eigenvalue weighted by molar-refractivity contribution is 5.94. The Morgan fingerprint density at radius 2 is 2.04 bits per heavy atom. The summed E-state index contributed by atoms with van der Waals surface area (Å²) in [5, 5.41) is 14.9. The monoisotopic (exact) mass is 335 g/mol. The maximum absolute atomic E-state index is 12.1. The molecule has 0 aliphatic carbocycles. The number of carbonyl (C=O) groups excluding carboxylic acids is 1. The number of amides is 1. The molecule has 1 aromatic carbocycles. The van der Waals surface area contributed by atoms with Crippen LogP contribution in [0.4, 0.5) is 11.4 Å². The van der Waals surface area contributed by atoms with Gasteiger partial charge in [0.2, 0.25) is 5.91 Å². The molecule has 1 heterocycles. The number of anilines is 2. The number of rotatable bonds is 8. The molecule has 1 fully saturated rings. The number of hydrogen-bond acceptors (Lipinski definition) is 5. The highest BCUT2D eigenvalue weighted by Gasteiger charge is 2.23. The van der Waals surface area contributed by atoms with E-state index in [4.69, 9.17) is 4.74 Å². The van der Waals surface area contributed by atoms with E-state index in [0.29, 0.717) is 18.8 Å². The number of carboxylic acids is 1. The summed E-state index contributed by atoms with van der Waals surface area (Å²) < 4.78 is 5.45. The van der Waals surface area contributed by atoms with Crippen LogP contribution in [0, 0.1) is 0 Å². The van der Waals surface area contributed by atoms with Crippen LogP contribution in [0.3, 0.4) is 0 Å². The SMILES string of the molecule is CN(C)c1ccc(NC(=O)C[C@@H](NC[C@H]2CCCO2)C(=O)O)cc1. The van der Waals surface area contributed by atoms with E-state index in [0.717, 1.165) is 18.5 Å². The Bertz CT molecular complexity index is 553. The van der Waals surface area contributed by atoms with Crippen molar-refractivity contribution >= 4 is 23.3 Å². The molecule has 2 atom stereocenters. The van der Waals surface area contributed by atoms with Gasteiger partial charge in [0, 0.05) is 38.6 Å². The van der Waals surface area contributed by atoms with Crippen LogP contribution in [0.15, 0.2) is 24.3 Å². The standard InChI is InChI=1S/C17H25N3O4/c1-20(2)13-7-5-12(6-8-13)19-16(21)10-15(17(22)23)18-11-14-4-3-9-24-14/h5-8,14-15,18H,3-4,9-11H2,1-2H3,(H,19,21)(H,22,23)/t14-,15-/m1/s1. The molecule has 1 saturated heterocycles. The number of aliphatic carboxylic acids is 1. The molecule has 132 valence electrons. The van der Waals surface area contributed by atoms with Gasteiger partial charge >= 0.3 is 5.97 Å². The van der Waals surface area contributed by atoms with Crippen LogP contribution in [-0.4, -0.2) is 56.4 Å². The number of hydrogen-bond donors (Lipinski definition) is 3. The minimum Gasteiger partial charge on any atom is -0.480 e. The third-order valence-electron chi connectivity index (χ3n) is 3.97. The molecule has 24 heavy (non-hydrogen) atoms. The lowest BCUT2D eigenvalue weighted by atomic mass is 10.1. The molecule has 7 heteroatoms. The van der Waals surface area contributed by atoms with Gasteiger partial charge in [0.25, 0.3) is 0 Å². The first kappa shape index (κ1) is 18.2. The first-order valence-electron chi connectivity index (χ1n) is 8.10. The average Bonchev–Trinajstić information content (AvgIpc) is 3.05. The zero-order valence-corrected chi connectivity index (χ0v) is 14.1. The average molecular weight is 335 g/mol. The van der Waals surface area contributed by atoms with Crippen LogP contribution in [0.5, 0.6) is 0 Å². The van der Waals surface area contributed by atoms with Crippen LogP contribution in [0.2, 0.25) is 0 Å². The largest absolute Gasteiger partial charge is 0.480 e. The van der Waals surface area contributed by atoms with E-state index in [1.54, 1.807) is 12.1 Å². The number of carboxylic acid groups (broad SMARTS) is 1. The fraction of sp³-hybridized carbons (Fsp3) is 0.529. The molecule has 1 amide bonds. The van der Waals surface area contributed by atoms with Crippen molar-refractivity contribution in [1.82, 2.24) is 5.32 Å². The van der Waals surface area contributed by atoms with Gasteiger partial charge in [-0.05, 0) is 37.1 Å². The van der Waals surface area contributed by atoms with Crippen molar-refractivity contribution in [3.8, 4) is 0 Å². The molecule has 0 saturated carbocycles. The molecule has 3 N–H and O–H groups in total. The lowest BCUT2D eigenvalue weighted by Gasteiger charge is -2.17. The van der Waals surface area contributed by atoms with Crippen molar-refractivity contribution in [2.24, 2.45) is 0 Å². The van der Waals surface area contributed by atoms with Crippen molar-refractivity contribution in [2.45, 2.75) is 31.4 Å². The minimum absolute atomic E-state index is 0.0356. The molecule has 0 unspecified atom stereocenters. The first-order chi connectivity index (χ1) is 11.5. The molecule has 7 nitrogen and oxygen atoms in total. The van der Waals surface area contributed by atoms with Crippen molar-refractivity contribution < 1.29 is 19.4 Å². The summed E-state index contributed by atoms with van der Waals surface area (Å²) in [6, 6.07) is 6.45. The molecule has 1 aromatic rings. The van der Waals surface area contributed by atoms with E-state index in [1.165, 1.54) is 0 Å². The Morgan fingerprint density at radius 3 is 2.58 bits per heavy atom. The van der Waals surface area contributed by atoms with Crippen LogP contribution >= 0.6 is 0 Å². The zero-order valence-electron chi connectivity index (χ0n) is 14.1. The quantitative estimate of drug-likeness (QED) is 0.663. The summed E-state index contributed by atoms with van der Waals surface area (Å²) in [5.41, 5.74) is 1.67. The van der Waals surface area contributed by atoms with E-state index in [9.17, 15) is 14.7 Å². The molecular weight excluding hydrogens is 310 g/mol. The fourth-order valence-electron chi connectivity index (χ4n) is 2.57. The second-order valence-electron chi connectivity index (χ2n) is 6.13. The highest BCUT2D eigenvalue weighted by atomic mass is 16.5. The minimum atomic E-state index is -1.04. The van der Waals surface area contributed by atoms with Crippen LogP contribution < -0.4 is 15.5 Å². The van der Waals surface area contributed by atoms with Gasteiger partial charge in [-0.1, -0.05) is 0 Å². The summed E-state index contributed by atoms with van der Waals surface area (Å²) in [7, 11) is 3.87. The van der Waals surface area contributed by atoms with Crippen LogP contribution in [0.25, 0.3) is 0 Å². The van der Waals surface area contributed by atoms with E-state index in [1.807, 2.05) is 31.1 Å². The van der Waals surface area contributed by atoms with E-state index in [-0.39, 0.29) is 18.4 Å². The van der Waals surface area contributed by atoms with Crippen molar-refractivity contribution in [2.75, 3.05) is 37.5 Å². The topological polar surface area (TPSA) is 90.9 Å². The Balaban J connectivity index is 1.84. The van der Waals surface area contributed by atoms with Gasteiger partial charge in [-0.15, -0.1) is 0 Å². The van der Waals surface area contributed by atoms with Gasteiger partial charge < -0.3 is 25.4 Å². The number of benzene rings is 1. The second-order valence-corrected chi connectivity index (χ2v) is 6.13. The summed E-state index contributed by atoms with van der Waals surface area (Å²) in [6.45, 7) is 1.16. The smallest absolute Gasteiger partial charge is 0.321 e. The number of nitrogens with one attached hydrogen (secondary N) is 2. The van der Waals surface area contributed by atoms with Crippen molar-refractivity contribution in [3.63, 3.8) is 0 Å². The van der Waals surface area contributed by atoms with E-state index >= 15 is 0 Å². The second kappa shape index (κ2) is 8.65. The Morgan fingerprint density at radius 1 is 1.33 bits per heavy atom. The molecule has 0 bridgehead atoms. The van der Waals surface area contributed by atoms with Gasteiger partial charge in [-0.2, -0.15) is 0 Å². The summed E-state index contributed by atoms with van der Waals surface area (Å²) in [5.74, 6) is -1.37. The van der Waals surface area contributed by atoms with Gasteiger partial charge in [-0.25, -0.2) is 0 Å². The maximum Gasteiger partial charge on any atom is 0.321 e. The predicted molar refractivity (Wildman–Crippen MR) is 92.4 cm³/mol. The van der Waals surface area contributed by atoms with Crippen molar-refractivity contribution in [3.05, 3.63) is 24.3 Å². The Kier molecular flexibility index (Phi) is 6.57. The van der Waals surface area contributed by atoms with Gasteiger partial charge in [0.1, 0.15) is 6.04 Å². The van der Waals surface area contributed by atoms with Gasteiger partial charge in [-0.3, -0.25) is 9.59 Å². The number of carbonyl (C=O) groups is 2. The lowest BCUT2D eigenvalue weighted by Crippen LogP contribution is -2.43. The zero-order chi connectivity index (χ0) is 17.5. The van der Waals surface area contributed by atoms with Gasteiger partial charge in [0.15, 0.2) is 0 Å². The third-order valence-corrected chi connectivity index (χ3v) is 3.97. The van der Waals surface area contributed by atoms with E-state index < -0.39 is 12.0 Å². The summed E-state index contributed by atoms with van der Waals surface area (Å²) in [4.78, 5) is 25.4. The third kappa shape index (κ3) is 5.50. The predicted octanol–water partition coefficient (Wildman–Crippen LogP) is 1.30. The van der Waals surface area contributed by atoms with Crippen LogP contribution in [0.1, 0.15) is 19.3 Å². The maximum atomic E-state index is 12.1. The van der Waals surface area contributed by atoms with Crippen LogP contribution in [-0.2, 0) is 14.3 Å². The molecule has 0 spiro atoms. The summed E-state index contributed by atoms with van der Waals surface area (Å²) in [6.07, 6.45) is 1.82. The Labute approximate surface area is 142 Å². The molecule has 1 aliphatic heterocycles. The number of ether oxygens (including phenoxy) is 1. The molecule has 0 aromatic heterocycles. The Hall–Kier alpha value is -2.12. The first-order valence-corrected chi connectivity index (χ1v) is 8.10. The molecule has 2 rings (SSSR count). The normalized spacial score (nSPS) is 18.2. The molecule has 1 aliphatic rings. The van der Waals surface area contributed by atoms with Crippen molar-refractivity contribution in [1.29, 1.82) is 0 Å². The molecule has 0 radical (unpaired) electrons. The van der Waals surface area contributed by atoms with E-state index in [2.05, 4.69) is 10.6 Å².